The van der Waals surface area contributed by atoms with E-state index < -0.39 is 0 Å². The molecule has 0 spiro atoms. The molecule has 33 heavy (non-hydrogen) atoms. The second kappa shape index (κ2) is 9.90. The van der Waals surface area contributed by atoms with Crippen LogP contribution in [0.2, 0.25) is 10.0 Å². The van der Waals surface area contributed by atoms with Gasteiger partial charge in [-0.15, -0.1) is 0 Å². The molecule has 4 nitrogen and oxygen atoms in total. The van der Waals surface area contributed by atoms with Crippen LogP contribution in [-0.4, -0.2) is 22.8 Å². The molecule has 2 aromatic rings. The minimum Gasteiger partial charge on any atom is -0.334 e. The molecule has 2 atom stereocenters. The Labute approximate surface area is 205 Å². The Morgan fingerprint density at radius 1 is 0.909 bits per heavy atom. The molecule has 0 saturated heterocycles. The minimum atomic E-state index is -0.116. The SMILES string of the molecule is O=C(NC1CCCCC1)N1N=C2/C(=C/c3ccc(Cl)cc3)CCC[C@@H]2[C@H]1c1ccc(Cl)cc1. The maximum Gasteiger partial charge on any atom is 0.338 e. The van der Waals surface area contributed by atoms with Crippen molar-refractivity contribution in [3.8, 4) is 0 Å². The fourth-order valence-corrected chi connectivity index (χ4v) is 5.66. The van der Waals surface area contributed by atoms with Gasteiger partial charge in [-0.2, -0.15) is 5.10 Å². The molecule has 0 radical (unpaired) electrons. The standard InChI is InChI=1S/C27H29Cl2N3O/c28-21-13-9-18(10-14-21)17-20-5-4-8-24-25(20)31-32(26(24)19-11-15-22(29)16-12-19)27(33)30-23-6-2-1-3-7-23/h9-17,23-24,26H,1-8H2,(H,30,33)/b20-17+/t24-,26+/m0/s1. The van der Waals surface area contributed by atoms with Gasteiger partial charge in [-0.25, -0.2) is 9.80 Å². The number of nitrogens with one attached hydrogen (secondary N) is 1. The molecule has 2 amide bonds. The lowest BCUT2D eigenvalue weighted by atomic mass is 9.77. The van der Waals surface area contributed by atoms with E-state index in [2.05, 4.69) is 11.4 Å². The van der Waals surface area contributed by atoms with Crippen molar-refractivity contribution in [1.82, 2.24) is 10.3 Å². The Morgan fingerprint density at radius 2 is 1.58 bits per heavy atom. The fraction of sp³-hybridized carbons (Fsp3) is 0.407. The van der Waals surface area contributed by atoms with Gasteiger partial charge in [0, 0.05) is 22.0 Å². The van der Waals surface area contributed by atoms with Crippen molar-refractivity contribution in [2.75, 3.05) is 0 Å². The van der Waals surface area contributed by atoms with Crippen molar-refractivity contribution in [1.29, 1.82) is 0 Å². The number of hydrogen-bond acceptors (Lipinski definition) is 2. The smallest absolute Gasteiger partial charge is 0.334 e. The zero-order chi connectivity index (χ0) is 22.8. The predicted molar refractivity (Wildman–Crippen MR) is 136 cm³/mol. The van der Waals surface area contributed by atoms with E-state index in [4.69, 9.17) is 28.3 Å². The number of amides is 2. The number of fused-ring (bicyclic) bond motifs is 1. The molecule has 0 bridgehead atoms. The maximum absolute atomic E-state index is 13.5. The lowest BCUT2D eigenvalue weighted by molar-refractivity contribution is 0.167. The molecule has 3 aliphatic rings. The topological polar surface area (TPSA) is 44.7 Å². The Kier molecular flexibility index (Phi) is 6.75. The van der Waals surface area contributed by atoms with Crippen LogP contribution in [0.15, 0.2) is 59.2 Å². The van der Waals surface area contributed by atoms with Crippen LogP contribution in [0.25, 0.3) is 6.08 Å². The summed E-state index contributed by atoms with van der Waals surface area (Å²) in [4.78, 5) is 13.5. The number of carbonyl (C=O) groups is 1. The Balaban J connectivity index is 1.48. The molecular weight excluding hydrogens is 453 g/mol. The van der Waals surface area contributed by atoms with Crippen LogP contribution in [0, 0.1) is 5.92 Å². The first-order valence-electron chi connectivity index (χ1n) is 12.0. The zero-order valence-corrected chi connectivity index (χ0v) is 20.2. The number of urea groups is 1. The molecule has 1 aliphatic heterocycles. The average molecular weight is 482 g/mol. The summed E-state index contributed by atoms with van der Waals surface area (Å²) in [5, 5.41) is 11.4. The second-order valence-corrected chi connectivity index (χ2v) is 10.2. The molecule has 0 aromatic heterocycles. The van der Waals surface area contributed by atoms with E-state index in [9.17, 15) is 4.79 Å². The Hall–Kier alpha value is -2.30. The summed E-state index contributed by atoms with van der Waals surface area (Å²) < 4.78 is 0. The Bertz CT molecular complexity index is 1060. The molecule has 2 fully saturated rings. The second-order valence-electron chi connectivity index (χ2n) is 9.33. The van der Waals surface area contributed by atoms with Crippen LogP contribution in [-0.2, 0) is 0 Å². The highest BCUT2D eigenvalue weighted by Crippen LogP contribution is 2.44. The molecule has 2 aliphatic carbocycles. The highest BCUT2D eigenvalue weighted by atomic mass is 35.5. The third-order valence-electron chi connectivity index (χ3n) is 7.06. The van der Waals surface area contributed by atoms with Crippen molar-refractivity contribution in [3.05, 3.63) is 75.3 Å². The molecule has 6 heteroatoms. The minimum absolute atomic E-state index is 0.0883. The van der Waals surface area contributed by atoms with Gasteiger partial charge in [0.2, 0.25) is 0 Å². The van der Waals surface area contributed by atoms with Gasteiger partial charge in [-0.3, -0.25) is 0 Å². The van der Waals surface area contributed by atoms with E-state index in [1.165, 1.54) is 24.8 Å². The molecule has 5 rings (SSSR count). The van der Waals surface area contributed by atoms with Gasteiger partial charge in [0.1, 0.15) is 0 Å². The van der Waals surface area contributed by atoms with Crippen molar-refractivity contribution in [2.45, 2.75) is 63.5 Å². The number of halogens is 2. The lowest BCUT2D eigenvalue weighted by Gasteiger charge is -2.31. The van der Waals surface area contributed by atoms with E-state index in [1.807, 2.05) is 48.5 Å². The summed E-state index contributed by atoms with van der Waals surface area (Å²) in [7, 11) is 0. The van der Waals surface area contributed by atoms with Gasteiger partial charge < -0.3 is 5.32 Å². The van der Waals surface area contributed by atoms with Gasteiger partial charge in [0.25, 0.3) is 0 Å². The molecule has 172 valence electrons. The number of hydrazone groups is 1. The summed E-state index contributed by atoms with van der Waals surface area (Å²) >= 11 is 12.2. The van der Waals surface area contributed by atoms with Crippen LogP contribution < -0.4 is 5.32 Å². The van der Waals surface area contributed by atoms with Crippen LogP contribution >= 0.6 is 23.2 Å². The van der Waals surface area contributed by atoms with E-state index in [0.29, 0.717) is 5.02 Å². The largest absolute Gasteiger partial charge is 0.338 e. The van der Waals surface area contributed by atoms with Crippen LogP contribution in [0.3, 0.4) is 0 Å². The number of rotatable bonds is 3. The first kappa shape index (κ1) is 22.5. The fourth-order valence-electron chi connectivity index (χ4n) is 5.41. The van der Waals surface area contributed by atoms with Crippen molar-refractivity contribution >= 4 is 41.0 Å². The monoisotopic (exact) mass is 481 g/mol. The van der Waals surface area contributed by atoms with Gasteiger partial charge in [-0.1, -0.05) is 66.7 Å². The normalized spacial score (nSPS) is 24.5. The highest BCUT2D eigenvalue weighted by Gasteiger charge is 2.44. The van der Waals surface area contributed by atoms with E-state index in [-0.39, 0.29) is 24.0 Å². The van der Waals surface area contributed by atoms with E-state index in [0.717, 1.165) is 54.0 Å². The van der Waals surface area contributed by atoms with E-state index >= 15 is 0 Å². The third kappa shape index (κ3) is 4.97. The first-order valence-corrected chi connectivity index (χ1v) is 12.7. The highest BCUT2D eigenvalue weighted by molar-refractivity contribution is 6.30. The number of nitrogens with zero attached hydrogens (tertiary/aromatic N) is 2. The summed E-state index contributed by atoms with van der Waals surface area (Å²) in [6.07, 6.45) is 11.0. The average Bonchev–Trinajstić information content (AvgIpc) is 3.23. The van der Waals surface area contributed by atoms with Crippen LogP contribution in [0.5, 0.6) is 0 Å². The summed E-state index contributed by atoms with van der Waals surface area (Å²) in [6, 6.07) is 15.8. The third-order valence-corrected chi connectivity index (χ3v) is 7.57. The molecule has 2 aromatic carbocycles. The molecule has 1 heterocycles. The van der Waals surface area contributed by atoms with E-state index in [1.54, 1.807) is 5.01 Å². The molecule has 0 unspecified atom stereocenters. The summed E-state index contributed by atoms with van der Waals surface area (Å²) in [5.41, 5.74) is 4.43. The molecule has 2 saturated carbocycles. The number of allylic oxidation sites excluding steroid dienone is 1. The zero-order valence-electron chi connectivity index (χ0n) is 18.6. The van der Waals surface area contributed by atoms with Gasteiger partial charge in [-0.05, 0) is 79.1 Å². The number of carbonyl (C=O) groups excluding carboxylic acids is 1. The van der Waals surface area contributed by atoms with Crippen molar-refractivity contribution in [2.24, 2.45) is 11.0 Å². The summed E-state index contributed by atoms with van der Waals surface area (Å²) in [6.45, 7) is 0. The number of benzene rings is 2. The Morgan fingerprint density at radius 3 is 2.27 bits per heavy atom. The predicted octanol–water partition coefficient (Wildman–Crippen LogP) is 7.63. The first-order chi connectivity index (χ1) is 16.1. The van der Waals surface area contributed by atoms with Gasteiger partial charge in [0.15, 0.2) is 0 Å². The van der Waals surface area contributed by atoms with Crippen molar-refractivity contribution < 1.29 is 4.79 Å². The summed E-state index contributed by atoms with van der Waals surface area (Å²) in [5.74, 6) is 0.176. The van der Waals surface area contributed by atoms with Crippen molar-refractivity contribution in [3.63, 3.8) is 0 Å². The maximum atomic E-state index is 13.5. The quantitative estimate of drug-likeness (QED) is 0.480. The molecule has 1 N–H and O–H groups in total. The molecular formula is C27H29Cl2N3O. The van der Waals surface area contributed by atoms with Gasteiger partial charge in [0.05, 0.1) is 11.8 Å². The van der Waals surface area contributed by atoms with Gasteiger partial charge >= 0.3 is 6.03 Å². The lowest BCUT2D eigenvalue weighted by Crippen LogP contribution is -2.44. The number of hydrogen-bond donors (Lipinski definition) is 1. The van der Waals surface area contributed by atoms with Crippen LogP contribution in [0.1, 0.15) is 68.5 Å². The van der Waals surface area contributed by atoms with Crippen LogP contribution in [0.4, 0.5) is 4.79 Å².